The van der Waals surface area contributed by atoms with Gasteiger partial charge in [0, 0.05) is 10.9 Å². The predicted octanol–water partition coefficient (Wildman–Crippen LogP) is 2.83. The van der Waals surface area contributed by atoms with E-state index in [4.69, 9.17) is 21.4 Å². The van der Waals surface area contributed by atoms with Crippen LogP contribution in [0.4, 0.5) is 0 Å². The smallest absolute Gasteiger partial charge is 0.303 e. The van der Waals surface area contributed by atoms with Gasteiger partial charge in [0.05, 0.1) is 13.0 Å². The maximum Gasteiger partial charge on any atom is 0.303 e. The Morgan fingerprint density at radius 3 is 2.93 bits per heavy atom. The lowest BCUT2D eigenvalue weighted by atomic mass is 10.1. The van der Waals surface area contributed by atoms with E-state index in [1.165, 1.54) is 0 Å². The van der Waals surface area contributed by atoms with Crippen LogP contribution < -0.4 is 4.74 Å². The van der Waals surface area contributed by atoms with Crippen molar-refractivity contribution in [3.8, 4) is 5.75 Å². The Morgan fingerprint density at radius 2 is 2.33 bits per heavy atom. The van der Waals surface area contributed by atoms with Crippen molar-refractivity contribution in [1.82, 2.24) is 0 Å². The molecule has 82 valence electrons. The monoisotopic (exact) mass is 228 g/mol. The summed E-state index contributed by atoms with van der Waals surface area (Å²) in [6.07, 6.45) is 0.112. The third-order valence-electron chi connectivity index (χ3n) is 1.85. The molecule has 1 aromatic carbocycles. The van der Waals surface area contributed by atoms with Crippen LogP contribution in [0.1, 0.15) is 13.3 Å². The van der Waals surface area contributed by atoms with Gasteiger partial charge in [-0.15, -0.1) is 0 Å². The number of hydrogen-bond acceptors (Lipinski definition) is 2. The molecule has 1 aromatic rings. The fourth-order valence-electron chi connectivity index (χ4n) is 1.15. The number of carboxylic acid groups (broad SMARTS) is 1. The van der Waals surface area contributed by atoms with E-state index >= 15 is 0 Å². The highest BCUT2D eigenvalue weighted by Crippen LogP contribution is 2.18. The fourth-order valence-corrected chi connectivity index (χ4v) is 1.33. The second-order valence-electron chi connectivity index (χ2n) is 3.47. The molecule has 0 saturated carbocycles. The molecule has 0 bridgehead atoms. The summed E-state index contributed by atoms with van der Waals surface area (Å²) in [4.78, 5) is 10.4. The molecule has 0 aliphatic carbocycles. The van der Waals surface area contributed by atoms with Crippen LogP contribution in [0.15, 0.2) is 24.3 Å². The van der Waals surface area contributed by atoms with Crippen LogP contribution in [0.5, 0.6) is 5.75 Å². The van der Waals surface area contributed by atoms with Crippen molar-refractivity contribution in [2.24, 2.45) is 5.92 Å². The number of carbonyl (C=O) groups is 1. The molecule has 1 atom stereocenters. The van der Waals surface area contributed by atoms with Crippen molar-refractivity contribution in [3.63, 3.8) is 0 Å². The van der Waals surface area contributed by atoms with Gasteiger partial charge in [0.25, 0.3) is 0 Å². The number of rotatable bonds is 5. The van der Waals surface area contributed by atoms with Crippen molar-refractivity contribution in [3.05, 3.63) is 29.3 Å². The number of ether oxygens (including phenoxy) is 1. The first-order chi connectivity index (χ1) is 7.08. The third-order valence-corrected chi connectivity index (χ3v) is 2.09. The van der Waals surface area contributed by atoms with Crippen LogP contribution >= 0.6 is 11.6 Å². The standard InChI is InChI=1S/C11H13ClO3/c1-8(5-11(13)14)7-15-10-4-2-3-9(12)6-10/h2-4,6,8H,5,7H2,1H3,(H,13,14). The number of halogens is 1. The number of benzene rings is 1. The van der Waals surface area contributed by atoms with Crippen LogP contribution in [0.3, 0.4) is 0 Å². The highest BCUT2D eigenvalue weighted by atomic mass is 35.5. The average Bonchev–Trinajstić information content (AvgIpc) is 2.14. The van der Waals surface area contributed by atoms with Gasteiger partial charge in [-0.2, -0.15) is 0 Å². The van der Waals surface area contributed by atoms with E-state index in [-0.39, 0.29) is 12.3 Å². The lowest BCUT2D eigenvalue weighted by Crippen LogP contribution is -2.12. The van der Waals surface area contributed by atoms with Gasteiger partial charge in [-0.25, -0.2) is 0 Å². The Bertz CT molecular complexity index is 338. The average molecular weight is 229 g/mol. The van der Waals surface area contributed by atoms with E-state index in [0.717, 1.165) is 0 Å². The maximum absolute atomic E-state index is 10.4. The highest BCUT2D eigenvalue weighted by molar-refractivity contribution is 6.30. The lowest BCUT2D eigenvalue weighted by molar-refractivity contribution is -0.138. The van der Waals surface area contributed by atoms with E-state index in [1.54, 1.807) is 24.3 Å². The first-order valence-electron chi connectivity index (χ1n) is 4.68. The van der Waals surface area contributed by atoms with Crippen LogP contribution in [0.25, 0.3) is 0 Å². The summed E-state index contributed by atoms with van der Waals surface area (Å²) in [6, 6.07) is 7.04. The summed E-state index contributed by atoms with van der Waals surface area (Å²) in [7, 11) is 0. The number of carboxylic acids is 1. The molecule has 15 heavy (non-hydrogen) atoms. The Balaban J connectivity index is 2.40. The van der Waals surface area contributed by atoms with Gasteiger partial charge in [0.1, 0.15) is 5.75 Å². The van der Waals surface area contributed by atoms with Gasteiger partial charge in [-0.1, -0.05) is 24.6 Å². The minimum Gasteiger partial charge on any atom is -0.493 e. The Labute approximate surface area is 93.6 Å². The minimum atomic E-state index is -0.808. The normalized spacial score (nSPS) is 12.1. The molecular formula is C11H13ClO3. The van der Waals surface area contributed by atoms with Crippen molar-refractivity contribution >= 4 is 17.6 Å². The molecule has 4 heteroatoms. The van der Waals surface area contributed by atoms with Crippen molar-refractivity contribution in [2.75, 3.05) is 6.61 Å². The van der Waals surface area contributed by atoms with Crippen LogP contribution in [0.2, 0.25) is 5.02 Å². The van der Waals surface area contributed by atoms with E-state index in [2.05, 4.69) is 0 Å². The predicted molar refractivity (Wildman–Crippen MR) is 58.4 cm³/mol. The summed E-state index contributed by atoms with van der Waals surface area (Å²) in [6.45, 7) is 2.21. The van der Waals surface area contributed by atoms with Crippen molar-refractivity contribution in [1.29, 1.82) is 0 Å². The van der Waals surface area contributed by atoms with Crippen molar-refractivity contribution < 1.29 is 14.6 Å². The SMILES string of the molecule is CC(COc1cccc(Cl)c1)CC(=O)O. The number of aliphatic carboxylic acids is 1. The first-order valence-corrected chi connectivity index (χ1v) is 5.06. The second kappa shape index (κ2) is 5.61. The van der Waals surface area contributed by atoms with Gasteiger partial charge >= 0.3 is 5.97 Å². The van der Waals surface area contributed by atoms with E-state index in [1.807, 2.05) is 6.92 Å². The quantitative estimate of drug-likeness (QED) is 0.843. The van der Waals surface area contributed by atoms with E-state index in [0.29, 0.717) is 17.4 Å². The molecule has 0 saturated heterocycles. The molecule has 0 amide bonds. The topological polar surface area (TPSA) is 46.5 Å². The second-order valence-corrected chi connectivity index (χ2v) is 3.91. The van der Waals surface area contributed by atoms with Gasteiger partial charge in [0.15, 0.2) is 0 Å². The van der Waals surface area contributed by atoms with E-state index in [9.17, 15) is 4.79 Å². The molecule has 0 aliphatic heterocycles. The molecule has 1 unspecified atom stereocenters. The molecule has 1 rings (SSSR count). The summed E-state index contributed by atoms with van der Waals surface area (Å²) in [5.74, 6) is -0.154. The summed E-state index contributed by atoms with van der Waals surface area (Å²) < 4.78 is 5.40. The lowest BCUT2D eigenvalue weighted by Gasteiger charge is -2.10. The Kier molecular flexibility index (Phi) is 4.43. The highest BCUT2D eigenvalue weighted by Gasteiger charge is 2.08. The molecule has 0 heterocycles. The molecule has 1 N–H and O–H groups in total. The third kappa shape index (κ3) is 4.70. The van der Waals surface area contributed by atoms with Crippen LogP contribution in [0, 0.1) is 5.92 Å². The van der Waals surface area contributed by atoms with Gasteiger partial charge < -0.3 is 9.84 Å². The zero-order valence-corrected chi connectivity index (χ0v) is 9.20. The zero-order chi connectivity index (χ0) is 11.3. The van der Waals surface area contributed by atoms with Gasteiger partial charge in [-0.3, -0.25) is 4.79 Å². The van der Waals surface area contributed by atoms with Gasteiger partial charge in [-0.05, 0) is 18.2 Å². The molecule has 0 aromatic heterocycles. The largest absolute Gasteiger partial charge is 0.493 e. The Morgan fingerprint density at radius 1 is 1.60 bits per heavy atom. The summed E-state index contributed by atoms with van der Waals surface area (Å²) >= 11 is 5.77. The summed E-state index contributed by atoms with van der Waals surface area (Å²) in [5.41, 5.74) is 0. The number of hydrogen-bond donors (Lipinski definition) is 1. The first kappa shape index (κ1) is 11.9. The van der Waals surface area contributed by atoms with E-state index < -0.39 is 5.97 Å². The van der Waals surface area contributed by atoms with Crippen molar-refractivity contribution in [2.45, 2.75) is 13.3 Å². The summed E-state index contributed by atoms with van der Waals surface area (Å²) in [5, 5.41) is 9.16. The fraction of sp³-hybridized carbons (Fsp3) is 0.364. The molecule has 0 fully saturated rings. The molecule has 0 aliphatic rings. The minimum absolute atomic E-state index is 0.0125. The maximum atomic E-state index is 10.4. The van der Waals surface area contributed by atoms with Crippen LogP contribution in [-0.4, -0.2) is 17.7 Å². The van der Waals surface area contributed by atoms with Gasteiger partial charge in [0.2, 0.25) is 0 Å². The zero-order valence-electron chi connectivity index (χ0n) is 8.44. The molecule has 0 radical (unpaired) electrons. The Hall–Kier alpha value is -1.22. The molecule has 0 spiro atoms. The molecular weight excluding hydrogens is 216 g/mol. The molecule has 3 nitrogen and oxygen atoms in total. The van der Waals surface area contributed by atoms with Crippen LogP contribution in [-0.2, 0) is 4.79 Å².